The molecule has 0 aliphatic carbocycles. The Balaban J connectivity index is 2.29. The Hall–Kier alpha value is -2.31. The van der Waals surface area contributed by atoms with E-state index in [1.54, 1.807) is 7.05 Å². The highest BCUT2D eigenvalue weighted by molar-refractivity contribution is 6.07. The van der Waals surface area contributed by atoms with E-state index in [0.29, 0.717) is 0 Å². The summed E-state index contributed by atoms with van der Waals surface area (Å²) in [5, 5.41) is 7.21. The van der Waals surface area contributed by atoms with Gasteiger partial charge in [0, 0.05) is 12.6 Å². The molecule has 0 unspecified atom stereocenters. The van der Waals surface area contributed by atoms with Crippen LogP contribution < -0.4 is 4.74 Å². The van der Waals surface area contributed by atoms with Crippen molar-refractivity contribution in [2.24, 2.45) is 7.05 Å². The molecule has 18 heavy (non-hydrogen) atoms. The molecular weight excluding hydrogens is 244 g/mol. The molecule has 0 spiro atoms. The number of nitrogens with zero attached hydrogens (tertiary/aromatic N) is 3. The molecule has 2 aromatic rings. The van der Waals surface area contributed by atoms with E-state index in [-0.39, 0.29) is 22.8 Å². The van der Waals surface area contributed by atoms with E-state index in [1.807, 2.05) is 0 Å². The molecule has 0 saturated carbocycles. The van der Waals surface area contributed by atoms with Crippen LogP contribution >= 0.6 is 0 Å². The minimum atomic E-state index is -2.92. The van der Waals surface area contributed by atoms with E-state index >= 15 is 0 Å². The van der Waals surface area contributed by atoms with E-state index in [4.69, 9.17) is 0 Å². The molecule has 1 aromatic carbocycles. The molecule has 1 heterocycles. The highest BCUT2D eigenvalue weighted by atomic mass is 19.3. The number of benzene rings is 1. The van der Waals surface area contributed by atoms with Crippen molar-refractivity contribution >= 4 is 5.78 Å². The van der Waals surface area contributed by atoms with Crippen molar-refractivity contribution in [2.75, 3.05) is 0 Å². The Bertz CT molecular complexity index is 569. The second-order valence-corrected chi connectivity index (χ2v) is 3.48. The maximum Gasteiger partial charge on any atom is 0.387 e. The van der Waals surface area contributed by atoms with Crippen LogP contribution in [0.5, 0.6) is 5.75 Å². The number of alkyl halides is 2. The zero-order valence-corrected chi connectivity index (χ0v) is 9.38. The molecule has 0 aliphatic heterocycles. The van der Waals surface area contributed by atoms with Gasteiger partial charge in [0.05, 0.1) is 6.20 Å². The minimum absolute atomic E-state index is 0.0639. The lowest BCUT2D eigenvalue weighted by Crippen LogP contribution is -2.09. The van der Waals surface area contributed by atoms with Crippen LogP contribution in [0.4, 0.5) is 8.78 Å². The van der Waals surface area contributed by atoms with Crippen LogP contribution in [0.15, 0.2) is 30.5 Å². The van der Waals surface area contributed by atoms with Crippen molar-refractivity contribution in [1.82, 2.24) is 15.0 Å². The van der Waals surface area contributed by atoms with E-state index in [1.165, 1.54) is 35.1 Å². The molecular formula is C11H9F2N3O2. The number of aromatic nitrogens is 3. The highest BCUT2D eigenvalue weighted by Crippen LogP contribution is 2.18. The summed E-state index contributed by atoms with van der Waals surface area (Å²) >= 11 is 0. The standard InChI is InChI=1S/C11H9F2N3O2/c1-16-9(6-14-15-16)10(17)7-3-2-4-8(5-7)18-11(12)13/h2-6,11H,1H3. The Morgan fingerprint density at radius 1 is 1.44 bits per heavy atom. The number of carbonyl (C=O) groups is 1. The third-order valence-electron chi connectivity index (χ3n) is 2.27. The predicted molar refractivity (Wildman–Crippen MR) is 57.5 cm³/mol. The number of carbonyl (C=O) groups excluding carboxylic acids is 1. The van der Waals surface area contributed by atoms with Crippen LogP contribution in [0.3, 0.4) is 0 Å². The number of ether oxygens (including phenoxy) is 1. The van der Waals surface area contributed by atoms with Gasteiger partial charge in [0.25, 0.3) is 0 Å². The third kappa shape index (κ3) is 2.50. The fourth-order valence-corrected chi connectivity index (χ4v) is 1.46. The molecule has 0 saturated heterocycles. The Morgan fingerprint density at radius 2 is 2.22 bits per heavy atom. The summed E-state index contributed by atoms with van der Waals surface area (Å²) < 4.78 is 29.7. The Morgan fingerprint density at radius 3 is 2.83 bits per heavy atom. The summed E-state index contributed by atoms with van der Waals surface area (Å²) in [5.74, 6) is -0.423. The molecule has 94 valence electrons. The number of hydrogen-bond acceptors (Lipinski definition) is 4. The van der Waals surface area contributed by atoms with Crippen molar-refractivity contribution in [3.63, 3.8) is 0 Å². The largest absolute Gasteiger partial charge is 0.435 e. The molecule has 5 nitrogen and oxygen atoms in total. The molecule has 0 amide bonds. The fourth-order valence-electron chi connectivity index (χ4n) is 1.46. The Labute approximate surface area is 101 Å². The van der Waals surface area contributed by atoms with Crippen LogP contribution in [0.1, 0.15) is 16.1 Å². The first-order valence-corrected chi connectivity index (χ1v) is 5.02. The van der Waals surface area contributed by atoms with Crippen LogP contribution in [-0.2, 0) is 7.05 Å². The average Bonchev–Trinajstić information content (AvgIpc) is 2.74. The highest BCUT2D eigenvalue weighted by Gasteiger charge is 2.15. The summed E-state index contributed by atoms with van der Waals surface area (Å²) in [7, 11) is 1.57. The fraction of sp³-hybridized carbons (Fsp3) is 0.182. The van der Waals surface area contributed by atoms with E-state index < -0.39 is 6.61 Å². The van der Waals surface area contributed by atoms with E-state index in [2.05, 4.69) is 15.0 Å². The first-order valence-electron chi connectivity index (χ1n) is 5.02. The second-order valence-electron chi connectivity index (χ2n) is 3.48. The topological polar surface area (TPSA) is 57.0 Å². The molecule has 0 radical (unpaired) electrons. The van der Waals surface area contributed by atoms with Crippen LogP contribution in [0, 0.1) is 0 Å². The molecule has 2 rings (SSSR count). The molecule has 1 aromatic heterocycles. The lowest BCUT2D eigenvalue weighted by molar-refractivity contribution is -0.0498. The summed E-state index contributed by atoms with van der Waals surface area (Å²) in [6.45, 7) is -2.92. The van der Waals surface area contributed by atoms with Gasteiger partial charge in [0.15, 0.2) is 0 Å². The summed E-state index contributed by atoms with van der Waals surface area (Å²) in [4.78, 5) is 12.0. The lowest BCUT2D eigenvalue weighted by atomic mass is 10.1. The van der Waals surface area contributed by atoms with Gasteiger partial charge in [-0.2, -0.15) is 8.78 Å². The smallest absolute Gasteiger partial charge is 0.387 e. The van der Waals surface area contributed by atoms with E-state index in [0.717, 1.165) is 0 Å². The van der Waals surface area contributed by atoms with Gasteiger partial charge >= 0.3 is 6.61 Å². The van der Waals surface area contributed by atoms with Gasteiger partial charge in [-0.15, -0.1) is 5.10 Å². The number of hydrogen-bond donors (Lipinski definition) is 0. The van der Waals surface area contributed by atoms with Gasteiger partial charge in [-0.1, -0.05) is 17.3 Å². The van der Waals surface area contributed by atoms with Crippen LogP contribution in [0.2, 0.25) is 0 Å². The molecule has 7 heteroatoms. The second kappa shape index (κ2) is 4.91. The monoisotopic (exact) mass is 253 g/mol. The zero-order valence-electron chi connectivity index (χ0n) is 9.38. The number of aryl methyl sites for hydroxylation is 1. The molecule has 0 aliphatic rings. The number of halogens is 2. The van der Waals surface area contributed by atoms with Crippen molar-refractivity contribution in [1.29, 1.82) is 0 Å². The Kier molecular flexibility index (Phi) is 3.31. The SMILES string of the molecule is Cn1nncc1C(=O)c1cccc(OC(F)F)c1. The van der Waals surface area contributed by atoms with Gasteiger partial charge < -0.3 is 4.74 Å². The van der Waals surface area contributed by atoms with Crippen LogP contribution in [0.25, 0.3) is 0 Å². The van der Waals surface area contributed by atoms with Crippen molar-refractivity contribution in [2.45, 2.75) is 6.61 Å². The molecule has 0 bridgehead atoms. The van der Waals surface area contributed by atoms with Gasteiger partial charge in [0.1, 0.15) is 11.4 Å². The normalized spacial score (nSPS) is 10.7. The van der Waals surface area contributed by atoms with Gasteiger partial charge in [0.2, 0.25) is 5.78 Å². The summed E-state index contributed by atoms with van der Waals surface area (Å²) in [6.07, 6.45) is 1.31. The molecule has 0 fully saturated rings. The molecule has 0 N–H and O–H groups in total. The van der Waals surface area contributed by atoms with Crippen molar-refractivity contribution in [3.05, 3.63) is 41.7 Å². The average molecular weight is 253 g/mol. The predicted octanol–water partition coefficient (Wildman–Crippen LogP) is 1.65. The first-order chi connectivity index (χ1) is 8.58. The maximum absolute atomic E-state index is 12.1. The first kappa shape index (κ1) is 12.2. The van der Waals surface area contributed by atoms with Gasteiger partial charge in [-0.05, 0) is 12.1 Å². The van der Waals surface area contributed by atoms with Crippen LogP contribution in [-0.4, -0.2) is 27.4 Å². The van der Waals surface area contributed by atoms with E-state index in [9.17, 15) is 13.6 Å². The zero-order chi connectivity index (χ0) is 13.1. The summed E-state index contributed by atoms with van der Waals surface area (Å²) in [5.41, 5.74) is 0.503. The van der Waals surface area contributed by atoms with Crippen molar-refractivity contribution < 1.29 is 18.3 Å². The number of ketones is 1. The quantitative estimate of drug-likeness (QED) is 0.777. The number of rotatable bonds is 4. The molecule has 0 atom stereocenters. The van der Waals surface area contributed by atoms with Gasteiger partial charge in [-0.3, -0.25) is 4.79 Å². The lowest BCUT2D eigenvalue weighted by Gasteiger charge is -2.06. The summed E-state index contributed by atoms with van der Waals surface area (Å²) in [6, 6.07) is 5.58. The minimum Gasteiger partial charge on any atom is -0.435 e. The van der Waals surface area contributed by atoms with Gasteiger partial charge in [-0.25, -0.2) is 4.68 Å². The maximum atomic E-state index is 12.1. The van der Waals surface area contributed by atoms with Crippen molar-refractivity contribution in [3.8, 4) is 5.75 Å². The third-order valence-corrected chi connectivity index (χ3v) is 2.27.